The molecule has 0 saturated heterocycles. The molecule has 2 aromatic rings. The van der Waals surface area contributed by atoms with Gasteiger partial charge in [-0.15, -0.1) is 0 Å². The first-order valence-corrected chi connectivity index (χ1v) is 8.25. The molecule has 4 nitrogen and oxygen atoms in total. The maximum absolute atomic E-state index is 12.0. The minimum atomic E-state index is -3.68. The molecule has 0 atom stereocenters. The first-order valence-electron chi connectivity index (χ1n) is 5.95. The van der Waals surface area contributed by atoms with Crippen LogP contribution in [-0.2, 0) is 10.0 Å². The van der Waals surface area contributed by atoms with E-state index in [1.807, 2.05) is 0 Å². The van der Waals surface area contributed by atoms with Crippen LogP contribution in [0.2, 0.25) is 10.2 Å². The molecule has 110 valence electrons. The Bertz CT molecular complexity index is 752. The molecule has 0 unspecified atom stereocenters. The minimum absolute atomic E-state index is 0.110. The van der Waals surface area contributed by atoms with E-state index in [0.717, 1.165) is 11.0 Å². The van der Waals surface area contributed by atoms with Gasteiger partial charge in [0.15, 0.2) is 5.15 Å². The van der Waals surface area contributed by atoms with Crippen molar-refractivity contribution < 1.29 is 8.42 Å². The van der Waals surface area contributed by atoms with Gasteiger partial charge in [-0.3, -0.25) is 4.72 Å². The van der Waals surface area contributed by atoms with E-state index in [1.54, 1.807) is 37.3 Å². The normalized spacial score (nSPS) is 11.8. The van der Waals surface area contributed by atoms with Gasteiger partial charge in [0.25, 0.3) is 10.0 Å². The summed E-state index contributed by atoms with van der Waals surface area (Å²) in [6.07, 6.45) is 2.98. The second-order valence-electron chi connectivity index (χ2n) is 4.30. The highest BCUT2D eigenvalue weighted by Crippen LogP contribution is 2.24. The van der Waals surface area contributed by atoms with Crippen molar-refractivity contribution in [3.05, 3.63) is 63.2 Å². The first-order chi connectivity index (χ1) is 9.87. The van der Waals surface area contributed by atoms with Gasteiger partial charge in [0.1, 0.15) is 0 Å². The van der Waals surface area contributed by atoms with Crippen LogP contribution >= 0.6 is 23.2 Å². The average molecular weight is 343 g/mol. The predicted octanol–water partition coefficient (Wildman–Crippen LogP) is 4.11. The van der Waals surface area contributed by atoms with Crippen molar-refractivity contribution in [1.29, 1.82) is 0 Å². The molecule has 2 rings (SSSR count). The quantitative estimate of drug-likeness (QED) is 0.850. The lowest BCUT2D eigenvalue weighted by atomic mass is 10.2. The molecule has 0 aliphatic rings. The Morgan fingerprint density at radius 1 is 1.14 bits per heavy atom. The SMILES string of the molecule is Cc1ccnc(Cl)c1NS(=O)(=O)/C=C/c1ccc(Cl)cc1. The predicted molar refractivity (Wildman–Crippen MR) is 87.0 cm³/mol. The van der Waals surface area contributed by atoms with Crippen LogP contribution in [0.4, 0.5) is 5.69 Å². The van der Waals surface area contributed by atoms with Crippen LogP contribution in [0.5, 0.6) is 0 Å². The standard InChI is InChI=1S/C14H12Cl2N2O2S/c1-10-6-8-17-14(16)13(10)18-21(19,20)9-7-11-2-4-12(15)5-3-11/h2-9,18H,1H3/b9-7+. The molecule has 0 radical (unpaired) electrons. The Morgan fingerprint density at radius 3 is 2.43 bits per heavy atom. The Labute approximate surface area is 133 Å². The molecule has 1 heterocycles. The fraction of sp³-hybridized carbons (Fsp3) is 0.0714. The van der Waals surface area contributed by atoms with Gasteiger partial charge in [-0.2, -0.15) is 0 Å². The van der Waals surface area contributed by atoms with Crippen LogP contribution in [0.3, 0.4) is 0 Å². The molecule has 0 fully saturated rings. The van der Waals surface area contributed by atoms with Gasteiger partial charge in [-0.1, -0.05) is 35.3 Å². The minimum Gasteiger partial charge on any atom is -0.277 e. The van der Waals surface area contributed by atoms with E-state index in [-0.39, 0.29) is 10.8 Å². The molecule has 7 heteroatoms. The fourth-order valence-corrected chi connectivity index (χ4v) is 2.95. The number of hydrogen-bond donors (Lipinski definition) is 1. The van der Waals surface area contributed by atoms with Crippen molar-refractivity contribution in [1.82, 2.24) is 4.98 Å². The first kappa shape index (κ1) is 15.8. The van der Waals surface area contributed by atoms with Crippen LogP contribution in [0, 0.1) is 6.92 Å². The third-order valence-electron chi connectivity index (χ3n) is 2.67. The maximum Gasteiger partial charge on any atom is 0.255 e. The van der Waals surface area contributed by atoms with Gasteiger partial charge in [0, 0.05) is 11.2 Å². The lowest BCUT2D eigenvalue weighted by molar-refractivity contribution is 0.609. The molecule has 0 aliphatic heterocycles. The van der Waals surface area contributed by atoms with E-state index in [2.05, 4.69) is 9.71 Å². The van der Waals surface area contributed by atoms with Gasteiger partial charge >= 0.3 is 0 Å². The highest BCUT2D eigenvalue weighted by atomic mass is 35.5. The zero-order valence-electron chi connectivity index (χ0n) is 11.0. The molecule has 1 N–H and O–H groups in total. The average Bonchev–Trinajstić information content (AvgIpc) is 2.43. The molecule has 1 aromatic carbocycles. The molecule has 0 saturated carbocycles. The largest absolute Gasteiger partial charge is 0.277 e. The Hall–Kier alpha value is -1.56. The Kier molecular flexibility index (Phi) is 4.88. The second kappa shape index (κ2) is 6.47. The van der Waals surface area contributed by atoms with Gasteiger partial charge < -0.3 is 0 Å². The van der Waals surface area contributed by atoms with Gasteiger partial charge in [-0.25, -0.2) is 13.4 Å². The highest BCUT2D eigenvalue weighted by Gasteiger charge is 2.11. The van der Waals surface area contributed by atoms with Crippen LogP contribution in [0.15, 0.2) is 41.9 Å². The van der Waals surface area contributed by atoms with Crippen LogP contribution < -0.4 is 4.72 Å². The topological polar surface area (TPSA) is 59.1 Å². The molecule has 1 aromatic heterocycles. The third kappa shape index (κ3) is 4.46. The second-order valence-corrected chi connectivity index (χ2v) is 6.66. The van der Waals surface area contributed by atoms with Crippen molar-refractivity contribution in [3.8, 4) is 0 Å². The lowest BCUT2D eigenvalue weighted by Gasteiger charge is -2.08. The lowest BCUT2D eigenvalue weighted by Crippen LogP contribution is -2.10. The summed E-state index contributed by atoms with van der Waals surface area (Å²) in [7, 11) is -3.68. The summed E-state index contributed by atoms with van der Waals surface area (Å²) < 4.78 is 26.5. The maximum atomic E-state index is 12.0. The number of aryl methyl sites for hydroxylation is 1. The Morgan fingerprint density at radius 2 is 1.81 bits per heavy atom. The van der Waals surface area contributed by atoms with Crippen molar-refractivity contribution in [2.24, 2.45) is 0 Å². The van der Waals surface area contributed by atoms with Crippen molar-refractivity contribution >= 4 is 45.0 Å². The molecule has 0 amide bonds. The number of nitrogens with one attached hydrogen (secondary N) is 1. The zero-order valence-corrected chi connectivity index (χ0v) is 13.4. The Balaban J connectivity index is 2.21. The summed E-state index contributed by atoms with van der Waals surface area (Å²) >= 11 is 11.7. The number of anilines is 1. The number of aromatic nitrogens is 1. The third-order valence-corrected chi connectivity index (χ3v) is 4.19. The summed E-state index contributed by atoms with van der Waals surface area (Å²) in [5.74, 6) is 0. The monoisotopic (exact) mass is 342 g/mol. The zero-order chi connectivity index (χ0) is 15.5. The van der Waals surface area contributed by atoms with Gasteiger partial charge in [0.05, 0.1) is 11.1 Å². The number of nitrogens with zero attached hydrogens (tertiary/aromatic N) is 1. The number of rotatable bonds is 4. The summed E-state index contributed by atoms with van der Waals surface area (Å²) in [5.41, 5.74) is 1.69. The highest BCUT2D eigenvalue weighted by molar-refractivity contribution is 7.95. The van der Waals surface area contributed by atoms with E-state index >= 15 is 0 Å². The van der Waals surface area contributed by atoms with E-state index in [0.29, 0.717) is 10.6 Å². The van der Waals surface area contributed by atoms with Crippen molar-refractivity contribution in [2.75, 3.05) is 4.72 Å². The van der Waals surface area contributed by atoms with Gasteiger partial charge in [-0.05, 0) is 42.3 Å². The van der Waals surface area contributed by atoms with E-state index in [1.165, 1.54) is 12.3 Å². The van der Waals surface area contributed by atoms with E-state index in [9.17, 15) is 8.42 Å². The van der Waals surface area contributed by atoms with Crippen LogP contribution in [-0.4, -0.2) is 13.4 Å². The summed E-state index contributed by atoms with van der Waals surface area (Å²) in [5, 5.41) is 1.77. The van der Waals surface area contributed by atoms with Crippen molar-refractivity contribution in [2.45, 2.75) is 6.92 Å². The summed E-state index contributed by atoms with van der Waals surface area (Å²) in [4.78, 5) is 3.85. The van der Waals surface area contributed by atoms with E-state index in [4.69, 9.17) is 23.2 Å². The van der Waals surface area contributed by atoms with Crippen molar-refractivity contribution in [3.63, 3.8) is 0 Å². The van der Waals surface area contributed by atoms with Crippen LogP contribution in [0.25, 0.3) is 6.08 Å². The molecular weight excluding hydrogens is 331 g/mol. The molecule has 0 spiro atoms. The molecule has 0 aliphatic carbocycles. The fourth-order valence-electron chi connectivity index (χ4n) is 1.57. The molecule has 0 bridgehead atoms. The van der Waals surface area contributed by atoms with Crippen LogP contribution in [0.1, 0.15) is 11.1 Å². The summed E-state index contributed by atoms with van der Waals surface area (Å²) in [6, 6.07) is 8.48. The number of sulfonamides is 1. The summed E-state index contributed by atoms with van der Waals surface area (Å²) in [6.45, 7) is 1.74. The smallest absolute Gasteiger partial charge is 0.255 e. The number of pyridine rings is 1. The number of benzene rings is 1. The number of hydrogen-bond acceptors (Lipinski definition) is 3. The molecular formula is C14H12Cl2N2O2S. The van der Waals surface area contributed by atoms with Gasteiger partial charge in [0.2, 0.25) is 0 Å². The number of halogens is 2. The molecule has 21 heavy (non-hydrogen) atoms. The van der Waals surface area contributed by atoms with E-state index < -0.39 is 10.0 Å².